The van der Waals surface area contributed by atoms with E-state index in [1.54, 1.807) is 77.4 Å². The Bertz CT molecular complexity index is 1940. The van der Waals surface area contributed by atoms with E-state index in [1.165, 1.54) is 16.0 Å². The lowest BCUT2D eigenvalue weighted by molar-refractivity contribution is 0.572. The van der Waals surface area contributed by atoms with Crippen LogP contribution in [0.2, 0.25) is 0 Å². The highest BCUT2D eigenvalue weighted by molar-refractivity contribution is 7.92. The number of hydrogen-bond donors (Lipinski definition) is 0. The molecule has 0 saturated carbocycles. The number of nitrogens with zero attached hydrogens (tertiary/aromatic N) is 7. The van der Waals surface area contributed by atoms with E-state index in [2.05, 4.69) is 15.2 Å². The van der Waals surface area contributed by atoms with Gasteiger partial charge in [-0.1, -0.05) is 24.3 Å². The minimum Gasteiger partial charge on any atom is -0.323 e. The van der Waals surface area contributed by atoms with Crippen LogP contribution in [-0.4, -0.2) is 42.5 Å². The number of aryl methyl sites for hydroxylation is 4. The Morgan fingerprint density at radius 2 is 1.84 bits per heavy atom. The number of thiazole rings is 1. The number of rotatable bonds is 7. The third-order valence-electron chi connectivity index (χ3n) is 6.48. The van der Waals surface area contributed by atoms with Gasteiger partial charge in [-0.05, 0) is 29.8 Å². The van der Waals surface area contributed by atoms with Crippen molar-refractivity contribution in [3.63, 3.8) is 0 Å². The molecule has 1 unspecified atom stereocenters. The quantitative estimate of drug-likeness (QED) is 0.302. The van der Waals surface area contributed by atoms with E-state index in [0.29, 0.717) is 40.1 Å². The van der Waals surface area contributed by atoms with Gasteiger partial charge in [-0.2, -0.15) is 10.2 Å². The van der Waals surface area contributed by atoms with E-state index in [1.807, 2.05) is 19.3 Å². The first kappa shape index (κ1) is 24.2. The number of sulfone groups is 1. The molecular formula is C26H23N7O3S2. The predicted octanol–water partition coefficient (Wildman–Crippen LogP) is 3.28. The summed E-state index contributed by atoms with van der Waals surface area (Å²) in [5.74, 6) is 0. The molecule has 5 aromatic heterocycles. The van der Waals surface area contributed by atoms with Crippen molar-refractivity contribution in [1.82, 2.24) is 34.1 Å². The molecule has 0 aliphatic carbocycles. The summed E-state index contributed by atoms with van der Waals surface area (Å²) >= 11 is 1.26. The van der Waals surface area contributed by atoms with E-state index < -0.39 is 15.1 Å². The van der Waals surface area contributed by atoms with Crippen LogP contribution in [0.1, 0.15) is 21.5 Å². The SMILES string of the molecule is Cn1ccc(CCn2ncc3c4sc(C(c5cccnc5)S(=O)(=O)c5ccccc5)nc4n(C)c3c2=O)n1. The highest BCUT2D eigenvalue weighted by Gasteiger charge is 2.34. The maximum Gasteiger partial charge on any atom is 0.291 e. The molecular weight excluding hydrogens is 522 g/mol. The molecule has 0 saturated heterocycles. The van der Waals surface area contributed by atoms with Crippen molar-refractivity contribution in [2.24, 2.45) is 14.1 Å². The molecule has 0 aliphatic rings. The summed E-state index contributed by atoms with van der Waals surface area (Å²) in [6.45, 7) is 0.391. The van der Waals surface area contributed by atoms with Gasteiger partial charge in [0.2, 0.25) is 0 Å². The summed E-state index contributed by atoms with van der Waals surface area (Å²) in [5, 5.41) is 8.78. The third kappa shape index (κ3) is 4.02. The van der Waals surface area contributed by atoms with Gasteiger partial charge in [0.15, 0.2) is 15.5 Å². The number of aromatic nitrogens is 7. The molecule has 0 aliphatic heterocycles. The zero-order valence-electron chi connectivity index (χ0n) is 20.6. The second-order valence-electron chi connectivity index (χ2n) is 8.95. The van der Waals surface area contributed by atoms with Crippen LogP contribution in [0.15, 0.2) is 83.0 Å². The van der Waals surface area contributed by atoms with Gasteiger partial charge in [-0.3, -0.25) is 14.5 Å². The van der Waals surface area contributed by atoms with E-state index >= 15 is 0 Å². The fraction of sp³-hybridized carbons (Fsp3) is 0.192. The van der Waals surface area contributed by atoms with Crippen molar-refractivity contribution in [3.05, 3.63) is 99.9 Å². The average molecular weight is 546 g/mol. The molecule has 0 spiro atoms. The topological polar surface area (TPSA) is 118 Å². The van der Waals surface area contributed by atoms with Gasteiger partial charge in [0.05, 0.1) is 28.0 Å². The molecule has 5 heterocycles. The normalized spacial score (nSPS) is 12.9. The molecule has 38 heavy (non-hydrogen) atoms. The monoisotopic (exact) mass is 545 g/mol. The molecule has 6 rings (SSSR count). The van der Waals surface area contributed by atoms with Gasteiger partial charge in [-0.15, -0.1) is 11.3 Å². The zero-order valence-corrected chi connectivity index (χ0v) is 22.2. The van der Waals surface area contributed by atoms with Crippen LogP contribution in [0, 0.1) is 0 Å². The second kappa shape index (κ2) is 9.30. The fourth-order valence-corrected chi connectivity index (χ4v) is 7.89. The molecule has 0 fully saturated rings. The van der Waals surface area contributed by atoms with Crippen LogP contribution >= 0.6 is 11.3 Å². The second-order valence-corrected chi connectivity index (χ2v) is 12.0. The number of fused-ring (bicyclic) bond motifs is 3. The lowest BCUT2D eigenvalue weighted by atomic mass is 10.2. The molecule has 1 aromatic carbocycles. The van der Waals surface area contributed by atoms with E-state index in [9.17, 15) is 13.2 Å². The minimum absolute atomic E-state index is 0.204. The molecule has 10 nitrogen and oxygen atoms in total. The highest BCUT2D eigenvalue weighted by atomic mass is 32.2. The molecule has 0 bridgehead atoms. The standard InChI is InChI=1S/C26H23N7O3S2/c1-31-13-10-18(30-31)11-14-33-26(34)21-20(16-28-33)22-24(32(21)2)29-25(37-22)23(17-7-6-12-27-15-17)38(35,36)19-8-4-3-5-9-19/h3-10,12-13,15-16,23H,11,14H2,1-2H3. The molecule has 0 amide bonds. The molecule has 1 atom stereocenters. The Balaban J connectivity index is 1.46. The maximum atomic E-state index is 13.8. The Morgan fingerprint density at radius 3 is 2.55 bits per heavy atom. The molecule has 0 radical (unpaired) electrons. The van der Waals surface area contributed by atoms with Crippen molar-refractivity contribution in [3.8, 4) is 0 Å². The third-order valence-corrected chi connectivity index (χ3v) is 9.82. The van der Waals surface area contributed by atoms with E-state index in [0.717, 1.165) is 10.4 Å². The van der Waals surface area contributed by atoms with Crippen molar-refractivity contribution in [2.75, 3.05) is 0 Å². The van der Waals surface area contributed by atoms with Crippen LogP contribution in [0.5, 0.6) is 0 Å². The van der Waals surface area contributed by atoms with E-state index in [-0.39, 0.29) is 10.5 Å². The van der Waals surface area contributed by atoms with Crippen LogP contribution in [-0.2, 0) is 36.9 Å². The molecule has 192 valence electrons. The predicted molar refractivity (Wildman–Crippen MR) is 145 cm³/mol. The van der Waals surface area contributed by atoms with Gasteiger partial charge in [0.1, 0.15) is 15.8 Å². The number of pyridine rings is 1. The summed E-state index contributed by atoms with van der Waals surface area (Å²) in [6, 6.07) is 13.7. The van der Waals surface area contributed by atoms with Crippen LogP contribution in [0.25, 0.3) is 21.3 Å². The molecule has 6 aromatic rings. The number of benzene rings is 1. The van der Waals surface area contributed by atoms with Gasteiger partial charge >= 0.3 is 0 Å². The zero-order chi connectivity index (χ0) is 26.4. The van der Waals surface area contributed by atoms with E-state index in [4.69, 9.17) is 4.98 Å². The van der Waals surface area contributed by atoms with Crippen molar-refractivity contribution in [2.45, 2.75) is 23.1 Å². The largest absolute Gasteiger partial charge is 0.323 e. The van der Waals surface area contributed by atoms with Crippen molar-refractivity contribution < 1.29 is 8.42 Å². The van der Waals surface area contributed by atoms with Crippen LogP contribution in [0.3, 0.4) is 0 Å². The Morgan fingerprint density at radius 1 is 1.03 bits per heavy atom. The summed E-state index contributed by atoms with van der Waals surface area (Å²) in [7, 11) is -0.220. The lowest BCUT2D eigenvalue weighted by Gasteiger charge is -2.16. The van der Waals surface area contributed by atoms with Gasteiger partial charge in [0.25, 0.3) is 5.56 Å². The Kier molecular flexibility index (Phi) is 5.92. The van der Waals surface area contributed by atoms with Crippen molar-refractivity contribution in [1.29, 1.82) is 0 Å². The van der Waals surface area contributed by atoms with Gasteiger partial charge in [-0.25, -0.2) is 18.1 Å². The first-order valence-corrected chi connectivity index (χ1v) is 14.2. The van der Waals surface area contributed by atoms with Gasteiger partial charge < -0.3 is 4.57 Å². The highest BCUT2D eigenvalue weighted by Crippen LogP contribution is 2.40. The van der Waals surface area contributed by atoms with Crippen LogP contribution < -0.4 is 5.56 Å². The van der Waals surface area contributed by atoms with Gasteiger partial charge in [0, 0.05) is 44.5 Å². The number of hydrogen-bond acceptors (Lipinski definition) is 8. The van der Waals surface area contributed by atoms with Crippen molar-refractivity contribution >= 4 is 42.4 Å². The average Bonchev–Trinajstić information content (AvgIpc) is 3.61. The summed E-state index contributed by atoms with van der Waals surface area (Å²) in [6.07, 6.45) is 7.25. The summed E-state index contributed by atoms with van der Waals surface area (Å²) in [4.78, 5) is 22.5. The summed E-state index contributed by atoms with van der Waals surface area (Å²) < 4.78 is 33.3. The lowest BCUT2D eigenvalue weighted by Crippen LogP contribution is -2.25. The fourth-order valence-electron chi connectivity index (χ4n) is 4.63. The smallest absolute Gasteiger partial charge is 0.291 e. The Labute approximate surface area is 221 Å². The minimum atomic E-state index is -3.84. The maximum absolute atomic E-state index is 13.8. The first-order chi connectivity index (χ1) is 18.3. The molecule has 12 heteroatoms. The molecule has 0 N–H and O–H groups in total. The Hall–Kier alpha value is -4.16. The summed E-state index contributed by atoms with van der Waals surface area (Å²) in [5.41, 5.74) is 2.19. The first-order valence-electron chi connectivity index (χ1n) is 11.9. The van der Waals surface area contributed by atoms with Crippen LogP contribution in [0.4, 0.5) is 0 Å².